The van der Waals surface area contributed by atoms with Gasteiger partial charge in [0.2, 0.25) is 0 Å². The smallest absolute Gasteiger partial charge is 0.0397 e. The van der Waals surface area contributed by atoms with Crippen molar-refractivity contribution in [3.63, 3.8) is 0 Å². The quantitative estimate of drug-likeness (QED) is 0.517. The van der Waals surface area contributed by atoms with E-state index < -0.39 is 0 Å². The van der Waals surface area contributed by atoms with Crippen LogP contribution in [0.15, 0.2) is 18.2 Å². The minimum Gasteiger partial charge on any atom is -0.374 e. The fourth-order valence-electron chi connectivity index (χ4n) is 1.44. The number of benzene rings is 1. The van der Waals surface area contributed by atoms with Gasteiger partial charge in [-0.05, 0) is 30.2 Å². The summed E-state index contributed by atoms with van der Waals surface area (Å²) in [6, 6.07) is 9.27. The van der Waals surface area contributed by atoms with Crippen molar-refractivity contribution in [1.82, 2.24) is 0 Å². The van der Waals surface area contributed by atoms with Crippen molar-refractivity contribution in [3.8, 4) is 0 Å². The monoisotopic (exact) mass is 132 g/mol. The van der Waals surface area contributed by atoms with Crippen LogP contribution in [0, 0.1) is 6.07 Å². The van der Waals surface area contributed by atoms with Gasteiger partial charge in [0, 0.05) is 19.3 Å². The maximum atomic E-state index is 3.09. The van der Waals surface area contributed by atoms with E-state index in [0.29, 0.717) is 0 Å². The minimum atomic E-state index is 1.16. The Balaban J connectivity index is 2.51. The highest BCUT2D eigenvalue weighted by Gasteiger charge is 2.13. The predicted molar refractivity (Wildman–Crippen MR) is 42.3 cm³/mol. The normalized spacial score (nSPS) is 15.5. The molecule has 1 heterocycles. The predicted octanol–water partition coefficient (Wildman–Crippen LogP) is 1.48. The molecule has 2 rings (SSSR count). The van der Waals surface area contributed by atoms with Crippen LogP contribution in [0.5, 0.6) is 0 Å². The maximum Gasteiger partial charge on any atom is 0.0397 e. The highest BCUT2D eigenvalue weighted by molar-refractivity contribution is 5.56. The molecule has 1 aliphatic rings. The number of hydrogen-bond donors (Lipinski definition) is 0. The molecule has 1 radical (unpaired) electrons. The Kier molecular flexibility index (Phi) is 1.16. The summed E-state index contributed by atoms with van der Waals surface area (Å²) in [6.45, 7) is 1.16. The lowest BCUT2D eigenvalue weighted by Crippen LogP contribution is -2.12. The molecule has 0 bridgehead atoms. The fraction of sp³-hybridized carbons (Fsp3) is 0.333. The summed E-state index contributed by atoms with van der Waals surface area (Å²) in [4.78, 5) is 2.28. The van der Waals surface area contributed by atoms with E-state index in [4.69, 9.17) is 0 Å². The molecule has 1 aliphatic heterocycles. The summed E-state index contributed by atoms with van der Waals surface area (Å²) in [5.74, 6) is 0. The van der Waals surface area contributed by atoms with Gasteiger partial charge in [0.1, 0.15) is 0 Å². The van der Waals surface area contributed by atoms with Gasteiger partial charge >= 0.3 is 0 Å². The molecule has 1 aromatic carbocycles. The molecule has 0 fully saturated rings. The molecule has 1 nitrogen and oxygen atoms in total. The summed E-state index contributed by atoms with van der Waals surface area (Å²) in [7, 11) is 2.13. The maximum absolute atomic E-state index is 3.09. The molecular formula is C9H10N. The summed E-state index contributed by atoms with van der Waals surface area (Å²) in [5, 5.41) is 0. The Labute approximate surface area is 61.3 Å². The zero-order valence-electron chi connectivity index (χ0n) is 6.09. The molecule has 0 aliphatic carbocycles. The number of nitrogens with zero attached hydrogens (tertiary/aromatic N) is 1. The van der Waals surface area contributed by atoms with Crippen molar-refractivity contribution in [3.05, 3.63) is 29.8 Å². The van der Waals surface area contributed by atoms with Gasteiger partial charge in [-0.1, -0.05) is 6.07 Å². The van der Waals surface area contributed by atoms with Crippen molar-refractivity contribution >= 4 is 5.69 Å². The van der Waals surface area contributed by atoms with E-state index in [2.05, 4.69) is 30.1 Å². The molecule has 0 saturated heterocycles. The van der Waals surface area contributed by atoms with Crippen LogP contribution in [0.1, 0.15) is 5.56 Å². The summed E-state index contributed by atoms with van der Waals surface area (Å²) >= 11 is 0. The molecule has 0 aromatic heterocycles. The fourth-order valence-corrected chi connectivity index (χ4v) is 1.44. The second-order valence-electron chi connectivity index (χ2n) is 2.73. The van der Waals surface area contributed by atoms with E-state index in [1.807, 2.05) is 6.07 Å². The van der Waals surface area contributed by atoms with Crippen LogP contribution >= 0.6 is 0 Å². The Bertz CT molecular complexity index is 242. The third kappa shape index (κ3) is 0.703. The number of rotatable bonds is 0. The Morgan fingerprint density at radius 3 is 3.30 bits per heavy atom. The van der Waals surface area contributed by atoms with Gasteiger partial charge in [0.05, 0.1) is 0 Å². The first-order chi connectivity index (χ1) is 4.88. The van der Waals surface area contributed by atoms with Crippen molar-refractivity contribution in [2.24, 2.45) is 0 Å². The second kappa shape index (κ2) is 2.01. The molecule has 10 heavy (non-hydrogen) atoms. The molecule has 1 aromatic rings. The Hall–Kier alpha value is -0.980. The molecule has 0 atom stereocenters. The Morgan fingerprint density at radius 2 is 2.50 bits per heavy atom. The van der Waals surface area contributed by atoms with Gasteiger partial charge in [-0.2, -0.15) is 0 Å². The first-order valence-electron chi connectivity index (χ1n) is 3.58. The highest BCUT2D eigenvalue weighted by atomic mass is 15.1. The van der Waals surface area contributed by atoms with Crippen molar-refractivity contribution in [2.75, 3.05) is 18.5 Å². The van der Waals surface area contributed by atoms with Crippen LogP contribution in [0.25, 0.3) is 0 Å². The summed E-state index contributed by atoms with van der Waals surface area (Å²) in [5.41, 5.74) is 2.81. The van der Waals surface area contributed by atoms with E-state index in [1.54, 1.807) is 0 Å². The third-order valence-corrected chi connectivity index (χ3v) is 2.05. The topological polar surface area (TPSA) is 3.24 Å². The van der Waals surface area contributed by atoms with Gasteiger partial charge in [0.15, 0.2) is 0 Å². The van der Waals surface area contributed by atoms with Gasteiger partial charge in [-0.25, -0.2) is 0 Å². The number of anilines is 1. The molecule has 0 amide bonds. The van der Waals surface area contributed by atoms with E-state index in [-0.39, 0.29) is 0 Å². The Morgan fingerprint density at radius 1 is 1.60 bits per heavy atom. The zero-order chi connectivity index (χ0) is 6.97. The third-order valence-electron chi connectivity index (χ3n) is 2.05. The minimum absolute atomic E-state index is 1.16. The van der Waals surface area contributed by atoms with Gasteiger partial charge in [-0.3, -0.25) is 0 Å². The summed E-state index contributed by atoms with van der Waals surface area (Å²) < 4.78 is 0. The SMILES string of the molecule is CN1CCc2c[c]ccc21. The van der Waals surface area contributed by atoms with Gasteiger partial charge in [-0.15, -0.1) is 0 Å². The average Bonchev–Trinajstić information content (AvgIpc) is 2.34. The van der Waals surface area contributed by atoms with Crippen molar-refractivity contribution in [2.45, 2.75) is 6.42 Å². The molecule has 0 spiro atoms. The van der Waals surface area contributed by atoms with E-state index in [1.165, 1.54) is 17.7 Å². The lowest BCUT2D eigenvalue weighted by Gasteiger charge is -2.10. The molecule has 51 valence electrons. The first-order valence-corrected chi connectivity index (χ1v) is 3.58. The molecule has 0 saturated carbocycles. The number of hydrogen-bond acceptors (Lipinski definition) is 1. The van der Waals surface area contributed by atoms with Crippen LogP contribution in [0.2, 0.25) is 0 Å². The number of likely N-dealkylation sites (N-methyl/N-ethyl adjacent to an activating group) is 1. The van der Waals surface area contributed by atoms with E-state index in [9.17, 15) is 0 Å². The van der Waals surface area contributed by atoms with Gasteiger partial charge < -0.3 is 4.90 Å². The van der Waals surface area contributed by atoms with E-state index >= 15 is 0 Å². The van der Waals surface area contributed by atoms with Crippen LogP contribution in [0.3, 0.4) is 0 Å². The first kappa shape index (κ1) is 5.78. The van der Waals surface area contributed by atoms with Crippen LogP contribution < -0.4 is 4.90 Å². The van der Waals surface area contributed by atoms with Crippen LogP contribution in [0.4, 0.5) is 5.69 Å². The molecular weight excluding hydrogens is 122 g/mol. The molecule has 1 heteroatoms. The molecule has 0 unspecified atom stereocenters. The van der Waals surface area contributed by atoms with Crippen LogP contribution in [-0.4, -0.2) is 13.6 Å². The lowest BCUT2D eigenvalue weighted by molar-refractivity contribution is 0.956. The van der Waals surface area contributed by atoms with Gasteiger partial charge in [0.25, 0.3) is 0 Å². The van der Waals surface area contributed by atoms with Crippen LogP contribution in [-0.2, 0) is 6.42 Å². The zero-order valence-corrected chi connectivity index (χ0v) is 6.09. The van der Waals surface area contributed by atoms with E-state index in [0.717, 1.165) is 6.54 Å². The van der Waals surface area contributed by atoms with Crippen molar-refractivity contribution < 1.29 is 0 Å². The largest absolute Gasteiger partial charge is 0.374 e. The summed E-state index contributed by atoms with van der Waals surface area (Å²) in [6.07, 6.45) is 1.18. The lowest BCUT2D eigenvalue weighted by atomic mass is 10.2. The second-order valence-corrected chi connectivity index (χ2v) is 2.73. The molecule has 0 N–H and O–H groups in total. The van der Waals surface area contributed by atoms with Crippen molar-refractivity contribution in [1.29, 1.82) is 0 Å². The standard InChI is InChI=1S/C9H10N/c1-10-7-6-8-4-2-3-5-9(8)10/h3-5H,6-7H2,1H3. The highest BCUT2D eigenvalue weighted by Crippen LogP contribution is 2.24. The number of fused-ring (bicyclic) bond motifs is 1. The average molecular weight is 132 g/mol.